The van der Waals surface area contributed by atoms with Gasteiger partial charge in [0, 0.05) is 32.1 Å². The summed E-state index contributed by atoms with van der Waals surface area (Å²) in [5.74, 6) is 1.38. The quantitative estimate of drug-likeness (QED) is 0.723. The summed E-state index contributed by atoms with van der Waals surface area (Å²) < 4.78 is 0. The van der Waals surface area contributed by atoms with Crippen LogP contribution in [-0.4, -0.2) is 58.3 Å². The van der Waals surface area contributed by atoms with Gasteiger partial charge in [-0.2, -0.15) is 0 Å². The molecule has 146 valence electrons. The Bertz CT molecular complexity index is 958. The van der Waals surface area contributed by atoms with E-state index < -0.39 is 0 Å². The van der Waals surface area contributed by atoms with Gasteiger partial charge in [-0.15, -0.1) is 10.2 Å². The molecule has 28 heavy (non-hydrogen) atoms. The molecule has 0 radical (unpaired) electrons. The van der Waals surface area contributed by atoms with Gasteiger partial charge < -0.3 is 15.1 Å². The number of fused-ring (bicyclic) bond motifs is 1. The zero-order valence-corrected chi connectivity index (χ0v) is 17.0. The van der Waals surface area contributed by atoms with Gasteiger partial charge in [0.25, 0.3) is 0 Å². The lowest BCUT2D eigenvalue weighted by Crippen LogP contribution is -2.44. The predicted octanol–water partition coefficient (Wildman–Crippen LogP) is 3.63. The maximum Gasteiger partial charge on any atom is 0.211 e. The van der Waals surface area contributed by atoms with Crippen molar-refractivity contribution in [3.63, 3.8) is 0 Å². The molecule has 0 bridgehead atoms. The van der Waals surface area contributed by atoms with Crippen LogP contribution in [0.2, 0.25) is 0 Å². The minimum Gasteiger partial charge on any atom is -0.368 e. The third kappa shape index (κ3) is 3.66. The molecule has 2 fully saturated rings. The van der Waals surface area contributed by atoms with E-state index in [2.05, 4.69) is 43.4 Å². The van der Waals surface area contributed by atoms with E-state index in [-0.39, 0.29) is 0 Å². The van der Waals surface area contributed by atoms with Crippen LogP contribution >= 0.6 is 11.3 Å². The third-order valence-electron chi connectivity index (χ3n) is 5.77. The Hall–Kier alpha value is -2.32. The van der Waals surface area contributed by atoms with Gasteiger partial charge in [0.2, 0.25) is 5.13 Å². The molecule has 1 aliphatic heterocycles. The van der Waals surface area contributed by atoms with Crippen LogP contribution in [0.4, 0.5) is 16.6 Å². The van der Waals surface area contributed by atoms with Gasteiger partial charge >= 0.3 is 0 Å². The average Bonchev–Trinajstić information content (AvgIpc) is 3.40. The molecule has 0 atom stereocenters. The van der Waals surface area contributed by atoms with E-state index in [4.69, 9.17) is 4.98 Å². The zero-order valence-electron chi connectivity index (χ0n) is 16.1. The second kappa shape index (κ2) is 7.60. The lowest BCUT2D eigenvalue weighted by Gasteiger charge is -2.33. The van der Waals surface area contributed by atoms with Gasteiger partial charge in [-0.1, -0.05) is 24.2 Å². The van der Waals surface area contributed by atoms with E-state index in [1.165, 1.54) is 25.7 Å². The van der Waals surface area contributed by atoms with E-state index in [0.717, 1.165) is 58.9 Å². The molecule has 3 aromatic rings. The summed E-state index contributed by atoms with van der Waals surface area (Å²) in [7, 11) is 2.17. The topological polar surface area (TPSA) is 70.1 Å². The maximum atomic E-state index is 4.78. The van der Waals surface area contributed by atoms with Crippen LogP contribution in [0, 0.1) is 0 Å². The van der Waals surface area contributed by atoms with Crippen LogP contribution < -0.4 is 10.2 Å². The number of hydrogen-bond donors (Lipinski definition) is 1. The van der Waals surface area contributed by atoms with Gasteiger partial charge in [0.15, 0.2) is 0 Å². The Balaban J connectivity index is 1.35. The Morgan fingerprint density at radius 3 is 2.68 bits per heavy atom. The van der Waals surface area contributed by atoms with Crippen LogP contribution in [0.1, 0.15) is 36.6 Å². The maximum absolute atomic E-state index is 4.78. The average molecular weight is 396 g/mol. The molecule has 0 aromatic carbocycles. The van der Waals surface area contributed by atoms with Crippen molar-refractivity contribution in [3.05, 3.63) is 29.4 Å². The van der Waals surface area contributed by atoms with Crippen molar-refractivity contribution in [3.8, 4) is 0 Å². The fraction of sp³-hybridized carbons (Fsp3) is 0.500. The first-order chi connectivity index (χ1) is 13.7. The minimum absolute atomic E-state index is 0.591. The normalized spacial score (nSPS) is 18.8. The van der Waals surface area contributed by atoms with E-state index in [9.17, 15) is 0 Å². The first-order valence-corrected chi connectivity index (χ1v) is 10.9. The summed E-state index contributed by atoms with van der Waals surface area (Å²) in [6, 6.07) is 6.11. The highest BCUT2D eigenvalue weighted by Crippen LogP contribution is 2.37. The lowest BCUT2D eigenvalue weighted by molar-refractivity contribution is 0.313. The number of nitrogens with zero attached hydrogens (tertiary/aromatic N) is 6. The fourth-order valence-corrected chi connectivity index (χ4v) is 4.95. The summed E-state index contributed by atoms with van der Waals surface area (Å²) in [5.41, 5.74) is 2.96. The Labute approximate surface area is 168 Å². The molecule has 7 nitrogen and oxygen atoms in total. The number of nitrogens with one attached hydrogen (secondary N) is 1. The summed E-state index contributed by atoms with van der Waals surface area (Å²) in [5, 5.41) is 14.0. The standard InChI is InChI=1S/C20H25N7S/c1-26-8-10-27(11-9-26)15-12-17-16(21-13-15)6-7-18(22-17)23-20-25-24-19(28-20)14-4-2-3-5-14/h6-7,12-14H,2-5,8-11H2,1H3,(H,22,23,25). The molecule has 5 rings (SSSR count). The molecular formula is C20H25N7S. The molecule has 1 saturated heterocycles. The molecule has 0 amide bonds. The first kappa shape index (κ1) is 17.8. The van der Waals surface area contributed by atoms with E-state index in [1.54, 1.807) is 11.3 Å². The van der Waals surface area contributed by atoms with Crippen LogP contribution in [0.25, 0.3) is 11.0 Å². The largest absolute Gasteiger partial charge is 0.368 e. The number of aromatic nitrogens is 4. The van der Waals surface area contributed by atoms with Crippen LogP contribution in [0.15, 0.2) is 24.4 Å². The zero-order chi connectivity index (χ0) is 18.9. The van der Waals surface area contributed by atoms with Crippen LogP contribution in [0.3, 0.4) is 0 Å². The molecule has 0 spiro atoms. The number of anilines is 3. The molecule has 3 aromatic heterocycles. The highest BCUT2D eigenvalue weighted by molar-refractivity contribution is 7.15. The molecule has 1 N–H and O–H groups in total. The lowest BCUT2D eigenvalue weighted by atomic mass is 10.1. The molecule has 0 unspecified atom stereocenters. The van der Waals surface area contributed by atoms with E-state index >= 15 is 0 Å². The highest BCUT2D eigenvalue weighted by Gasteiger charge is 2.21. The summed E-state index contributed by atoms with van der Waals surface area (Å²) in [4.78, 5) is 14.1. The minimum atomic E-state index is 0.591. The fourth-order valence-electron chi connectivity index (χ4n) is 4.04. The number of likely N-dealkylation sites (N-methyl/N-ethyl adjacent to an activating group) is 1. The second-order valence-corrected chi connectivity index (χ2v) is 8.78. The Morgan fingerprint density at radius 1 is 1.04 bits per heavy atom. The van der Waals surface area contributed by atoms with Gasteiger partial charge in [-0.25, -0.2) is 4.98 Å². The van der Waals surface area contributed by atoms with E-state index in [1.807, 2.05) is 18.3 Å². The molecule has 8 heteroatoms. The monoisotopic (exact) mass is 395 g/mol. The van der Waals surface area contributed by atoms with Gasteiger partial charge in [0.05, 0.1) is 22.9 Å². The van der Waals surface area contributed by atoms with Crippen LogP contribution in [0.5, 0.6) is 0 Å². The van der Waals surface area contributed by atoms with Crippen molar-refractivity contribution in [1.29, 1.82) is 0 Å². The Kier molecular flexibility index (Phi) is 4.82. The van der Waals surface area contributed by atoms with Crippen molar-refractivity contribution in [2.24, 2.45) is 0 Å². The summed E-state index contributed by atoms with van der Waals surface area (Å²) in [6.07, 6.45) is 7.05. The Morgan fingerprint density at radius 2 is 1.86 bits per heavy atom. The molecule has 1 saturated carbocycles. The highest BCUT2D eigenvalue weighted by atomic mass is 32.1. The first-order valence-electron chi connectivity index (χ1n) is 10.1. The number of pyridine rings is 2. The number of hydrogen-bond acceptors (Lipinski definition) is 8. The van der Waals surface area contributed by atoms with Gasteiger partial charge in [-0.05, 0) is 38.1 Å². The summed E-state index contributed by atoms with van der Waals surface area (Å²) >= 11 is 1.65. The molecule has 4 heterocycles. The van der Waals surface area contributed by atoms with Crippen molar-refractivity contribution < 1.29 is 0 Å². The van der Waals surface area contributed by atoms with Gasteiger partial charge in [-0.3, -0.25) is 4.98 Å². The van der Waals surface area contributed by atoms with Gasteiger partial charge in [0.1, 0.15) is 10.8 Å². The van der Waals surface area contributed by atoms with Crippen molar-refractivity contribution in [1.82, 2.24) is 25.1 Å². The van der Waals surface area contributed by atoms with Crippen molar-refractivity contribution in [2.45, 2.75) is 31.6 Å². The van der Waals surface area contributed by atoms with Crippen molar-refractivity contribution >= 4 is 39.0 Å². The number of piperazine rings is 1. The van der Waals surface area contributed by atoms with Crippen LogP contribution in [-0.2, 0) is 0 Å². The van der Waals surface area contributed by atoms with E-state index in [0.29, 0.717) is 5.92 Å². The predicted molar refractivity (Wildman–Crippen MR) is 114 cm³/mol. The smallest absolute Gasteiger partial charge is 0.211 e. The molecule has 1 aliphatic carbocycles. The SMILES string of the molecule is CN1CCN(c2cnc3ccc(Nc4nnc(C5CCCC5)s4)nc3c2)CC1. The number of rotatable bonds is 4. The molecule has 2 aliphatic rings. The second-order valence-electron chi connectivity index (χ2n) is 7.77. The third-order valence-corrected chi connectivity index (χ3v) is 6.77. The molecular weight excluding hydrogens is 370 g/mol. The van der Waals surface area contributed by atoms with Crippen molar-refractivity contribution in [2.75, 3.05) is 43.4 Å². The summed E-state index contributed by atoms with van der Waals surface area (Å²) in [6.45, 7) is 4.20.